The van der Waals surface area contributed by atoms with Crippen LogP contribution in [0, 0.1) is 19.8 Å². The zero-order chi connectivity index (χ0) is 24.3. The maximum absolute atomic E-state index is 12.8. The van der Waals surface area contributed by atoms with Gasteiger partial charge in [0.1, 0.15) is 0 Å². The fourth-order valence-corrected chi connectivity index (χ4v) is 5.80. The number of aryl methyl sites for hydroxylation is 2. The molecule has 2 aliphatic rings. The van der Waals surface area contributed by atoms with Crippen LogP contribution in [-0.2, 0) is 19.6 Å². The number of hydrogen-bond donors (Lipinski definition) is 1. The highest BCUT2D eigenvalue weighted by Crippen LogP contribution is 2.27. The van der Waals surface area contributed by atoms with Crippen molar-refractivity contribution in [2.45, 2.75) is 20.3 Å². The van der Waals surface area contributed by atoms with E-state index in [-0.39, 0.29) is 30.5 Å². The molecular weight excluding hydrogens is 452 g/mol. The van der Waals surface area contributed by atoms with Crippen molar-refractivity contribution in [2.75, 3.05) is 54.8 Å². The van der Waals surface area contributed by atoms with E-state index in [2.05, 4.69) is 10.2 Å². The predicted octanol–water partition coefficient (Wildman–Crippen LogP) is 1.92. The Morgan fingerprint density at radius 2 is 1.68 bits per heavy atom. The molecule has 4 rings (SSSR count). The van der Waals surface area contributed by atoms with Crippen LogP contribution >= 0.6 is 0 Å². The lowest BCUT2D eigenvalue weighted by molar-refractivity contribution is -0.126. The second-order valence-corrected chi connectivity index (χ2v) is 11.1. The van der Waals surface area contributed by atoms with Gasteiger partial charge in [0.25, 0.3) is 0 Å². The van der Waals surface area contributed by atoms with Gasteiger partial charge in [0.15, 0.2) is 0 Å². The van der Waals surface area contributed by atoms with Crippen molar-refractivity contribution in [1.82, 2.24) is 9.62 Å². The second kappa shape index (κ2) is 10.1. The molecule has 2 heterocycles. The summed E-state index contributed by atoms with van der Waals surface area (Å²) in [5, 5.41) is 2.73. The minimum absolute atomic E-state index is 0.0361. The normalized spacial score (nSPS) is 19.5. The van der Waals surface area contributed by atoms with Gasteiger partial charge >= 0.3 is 0 Å². The summed E-state index contributed by atoms with van der Waals surface area (Å²) in [6.45, 7) is 6.46. The van der Waals surface area contributed by atoms with E-state index in [1.807, 2.05) is 62.4 Å². The number of nitrogens with zero attached hydrogens (tertiary/aromatic N) is 3. The minimum Gasteiger partial charge on any atom is -0.369 e. The molecule has 0 saturated carbocycles. The van der Waals surface area contributed by atoms with Crippen LogP contribution in [0.25, 0.3) is 0 Å². The predicted molar refractivity (Wildman–Crippen MR) is 133 cm³/mol. The molecule has 0 aliphatic carbocycles. The summed E-state index contributed by atoms with van der Waals surface area (Å²) in [4.78, 5) is 29.0. The van der Waals surface area contributed by atoms with E-state index in [1.54, 1.807) is 4.90 Å². The number of para-hydroxylation sites is 1. The zero-order valence-corrected chi connectivity index (χ0v) is 20.6. The Bertz CT molecular complexity index is 1140. The maximum atomic E-state index is 12.8. The van der Waals surface area contributed by atoms with Crippen LogP contribution in [0.4, 0.5) is 11.4 Å². The Morgan fingerprint density at radius 1 is 0.971 bits per heavy atom. The number of nitrogens with one attached hydrogen (secondary N) is 1. The number of amides is 2. The molecule has 0 bridgehead atoms. The van der Waals surface area contributed by atoms with Crippen molar-refractivity contribution < 1.29 is 18.0 Å². The first-order valence-corrected chi connectivity index (χ1v) is 13.3. The number of piperazine rings is 1. The lowest BCUT2D eigenvalue weighted by atomic mass is 10.1. The molecule has 8 nitrogen and oxygen atoms in total. The van der Waals surface area contributed by atoms with Crippen LogP contribution in [0.1, 0.15) is 17.5 Å². The molecule has 34 heavy (non-hydrogen) atoms. The molecule has 2 fully saturated rings. The highest BCUT2D eigenvalue weighted by Gasteiger charge is 2.35. The summed E-state index contributed by atoms with van der Waals surface area (Å²) in [6, 6.07) is 15.8. The molecule has 182 valence electrons. The van der Waals surface area contributed by atoms with Gasteiger partial charge in [-0.2, -0.15) is 4.31 Å². The zero-order valence-electron chi connectivity index (χ0n) is 19.7. The van der Waals surface area contributed by atoms with E-state index < -0.39 is 15.9 Å². The van der Waals surface area contributed by atoms with Gasteiger partial charge in [0.05, 0.1) is 11.7 Å². The van der Waals surface area contributed by atoms with Crippen LogP contribution in [0.15, 0.2) is 48.5 Å². The smallest absolute Gasteiger partial charge is 0.227 e. The molecule has 0 radical (unpaired) electrons. The molecule has 2 aromatic rings. The van der Waals surface area contributed by atoms with Gasteiger partial charge in [-0.25, -0.2) is 8.42 Å². The summed E-state index contributed by atoms with van der Waals surface area (Å²) >= 11 is 0. The molecule has 1 N–H and O–H groups in total. The quantitative estimate of drug-likeness (QED) is 0.649. The van der Waals surface area contributed by atoms with Gasteiger partial charge in [-0.05, 0) is 49.2 Å². The molecule has 0 spiro atoms. The standard InChI is InChI=1S/C25H32N4O4S/c1-19-8-9-23(16-20(19)2)29-18-21(17-24(29)30)25(31)26-10-15-34(32,33)28-13-11-27(12-14-28)22-6-4-3-5-7-22/h3-9,16,21H,10-15,17-18H2,1-2H3,(H,26,31)/t21-/m0/s1. The highest BCUT2D eigenvalue weighted by molar-refractivity contribution is 7.89. The van der Waals surface area contributed by atoms with E-state index in [0.29, 0.717) is 32.7 Å². The Labute approximate surface area is 201 Å². The van der Waals surface area contributed by atoms with Gasteiger partial charge in [0.2, 0.25) is 21.8 Å². The molecular formula is C25H32N4O4S. The van der Waals surface area contributed by atoms with Crippen LogP contribution in [0.3, 0.4) is 0 Å². The van der Waals surface area contributed by atoms with Crippen molar-refractivity contribution in [1.29, 1.82) is 0 Å². The SMILES string of the molecule is Cc1ccc(N2C[C@@H](C(=O)NCCS(=O)(=O)N3CCN(c4ccccc4)CC3)CC2=O)cc1C. The van der Waals surface area contributed by atoms with Crippen LogP contribution in [-0.4, -0.2) is 69.6 Å². The second-order valence-electron chi connectivity index (χ2n) is 9.00. The summed E-state index contributed by atoms with van der Waals surface area (Å²) in [5.74, 6) is -0.992. The van der Waals surface area contributed by atoms with Crippen molar-refractivity contribution >= 4 is 33.2 Å². The fraction of sp³-hybridized carbons (Fsp3) is 0.440. The number of hydrogen-bond acceptors (Lipinski definition) is 5. The molecule has 2 saturated heterocycles. The molecule has 0 aromatic heterocycles. The number of benzene rings is 2. The van der Waals surface area contributed by atoms with Crippen molar-refractivity contribution in [3.05, 3.63) is 59.7 Å². The first-order chi connectivity index (χ1) is 16.2. The van der Waals surface area contributed by atoms with E-state index in [1.165, 1.54) is 4.31 Å². The molecule has 2 aliphatic heterocycles. The van der Waals surface area contributed by atoms with Crippen molar-refractivity contribution in [3.8, 4) is 0 Å². The monoisotopic (exact) mass is 484 g/mol. The van der Waals surface area contributed by atoms with Crippen molar-refractivity contribution in [2.24, 2.45) is 5.92 Å². The molecule has 2 aromatic carbocycles. The van der Waals surface area contributed by atoms with Gasteiger partial charge in [-0.3, -0.25) is 9.59 Å². The van der Waals surface area contributed by atoms with Gasteiger partial charge in [0, 0.05) is 57.1 Å². The third-order valence-electron chi connectivity index (χ3n) is 6.71. The highest BCUT2D eigenvalue weighted by atomic mass is 32.2. The third kappa shape index (κ3) is 5.42. The number of carbonyl (C=O) groups is 2. The van der Waals surface area contributed by atoms with Gasteiger partial charge in [-0.15, -0.1) is 0 Å². The Morgan fingerprint density at radius 3 is 2.35 bits per heavy atom. The fourth-order valence-electron chi connectivity index (χ4n) is 4.47. The van der Waals surface area contributed by atoms with E-state index >= 15 is 0 Å². The van der Waals surface area contributed by atoms with Gasteiger partial charge < -0.3 is 15.1 Å². The van der Waals surface area contributed by atoms with Crippen LogP contribution < -0.4 is 15.1 Å². The lowest BCUT2D eigenvalue weighted by Crippen LogP contribution is -2.50. The minimum atomic E-state index is -3.47. The molecule has 0 unspecified atom stereocenters. The Kier molecular flexibility index (Phi) is 7.23. The topological polar surface area (TPSA) is 90.0 Å². The number of sulfonamides is 1. The van der Waals surface area contributed by atoms with E-state index in [0.717, 1.165) is 22.5 Å². The average Bonchev–Trinajstić information content (AvgIpc) is 3.23. The van der Waals surface area contributed by atoms with Gasteiger partial charge in [-0.1, -0.05) is 24.3 Å². The lowest BCUT2D eigenvalue weighted by Gasteiger charge is -2.35. The first-order valence-electron chi connectivity index (χ1n) is 11.7. The average molecular weight is 485 g/mol. The number of carbonyl (C=O) groups excluding carboxylic acids is 2. The van der Waals surface area contributed by atoms with Crippen molar-refractivity contribution in [3.63, 3.8) is 0 Å². The summed E-state index contributed by atoms with van der Waals surface area (Å²) in [6.07, 6.45) is 0.132. The summed E-state index contributed by atoms with van der Waals surface area (Å²) in [7, 11) is -3.47. The summed E-state index contributed by atoms with van der Waals surface area (Å²) < 4.78 is 27.0. The first kappa shape index (κ1) is 24.2. The Hall–Kier alpha value is -2.91. The number of anilines is 2. The Balaban J connectivity index is 1.25. The van der Waals surface area contributed by atoms with Crippen LogP contribution in [0.2, 0.25) is 0 Å². The maximum Gasteiger partial charge on any atom is 0.227 e. The summed E-state index contributed by atoms with van der Waals surface area (Å²) in [5.41, 5.74) is 4.12. The van der Waals surface area contributed by atoms with E-state index in [4.69, 9.17) is 0 Å². The third-order valence-corrected chi connectivity index (χ3v) is 8.58. The molecule has 1 atom stereocenters. The number of rotatable bonds is 7. The molecule has 9 heteroatoms. The molecule has 2 amide bonds. The van der Waals surface area contributed by atoms with Crippen LogP contribution in [0.5, 0.6) is 0 Å². The largest absolute Gasteiger partial charge is 0.369 e. The van der Waals surface area contributed by atoms with E-state index in [9.17, 15) is 18.0 Å².